The van der Waals surface area contributed by atoms with Gasteiger partial charge in [0, 0.05) is 13.6 Å². The summed E-state index contributed by atoms with van der Waals surface area (Å²) in [5, 5.41) is 22.0. The molecule has 0 bridgehead atoms. The van der Waals surface area contributed by atoms with E-state index in [0.717, 1.165) is 12.6 Å². The van der Waals surface area contributed by atoms with E-state index in [1.807, 2.05) is 0 Å². The number of aryl methyl sites for hydroxylation is 1. The molecule has 1 amide bonds. The van der Waals surface area contributed by atoms with Crippen LogP contribution < -0.4 is 0 Å². The molecular formula is C12H15N3O5. The maximum Gasteiger partial charge on any atom is 0.339 e. The Morgan fingerprint density at radius 3 is 2.60 bits per heavy atom. The molecule has 1 saturated heterocycles. The van der Waals surface area contributed by atoms with Crippen LogP contribution >= 0.6 is 0 Å². The van der Waals surface area contributed by atoms with Gasteiger partial charge in [-0.25, -0.2) is 9.59 Å². The maximum atomic E-state index is 12.5. The summed E-state index contributed by atoms with van der Waals surface area (Å²) in [5.74, 6) is -2.93. The number of aromatic carboxylic acids is 1. The third-order valence-electron chi connectivity index (χ3n) is 3.42. The third-order valence-corrected chi connectivity index (χ3v) is 3.42. The number of amides is 1. The Hall–Kier alpha value is -2.38. The van der Waals surface area contributed by atoms with Crippen LogP contribution in [0.3, 0.4) is 0 Å². The average Bonchev–Trinajstić information content (AvgIpc) is 2.80. The Bertz CT molecular complexity index is 565. The highest BCUT2D eigenvalue weighted by atomic mass is 16.4. The number of hydrogen-bond acceptors (Lipinski definition) is 4. The predicted octanol–water partition coefficient (Wildman–Crippen LogP) is 0.198. The van der Waals surface area contributed by atoms with Gasteiger partial charge in [0.05, 0.1) is 6.20 Å². The van der Waals surface area contributed by atoms with Gasteiger partial charge in [-0.2, -0.15) is 5.10 Å². The topological polar surface area (TPSA) is 113 Å². The van der Waals surface area contributed by atoms with Gasteiger partial charge in [-0.15, -0.1) is 0 Å². The van der Waals surface area contributed by atoms with E-state index in [2.05, 4.69) is 5.10 Å². The predicted molar refractivity (Wildman–Crippen MR) is 66.5 cm³/mol. The van der Waals surface area contributed by atoms with Crippen LogP contribution in [0.25, 0.3) is 0 Å². The number of aromatic nitrogens is 2. The van der Waals surface area contributed by atoms with Gasteiger partial charge in [0.1, 0.15) is 17.3 Å². The van der Waals surface area contributed by atoms with Crippen LogP contribution in [-0.4, -0.2) is 55.3 Å². The molecule has 0 aliphatic carbocycles. The Kier molecular flexibility index (Phi) is 3.73. The van der Waals surface area contributed by atoms with E-state index in [-0.39, 0.29) is 11.3 Å². The lowest BCUT2D eigenvalue weighted by Gasteiger charge is -2.32. The zero-order valence-electron chi connectivity index (χ0n) is 10.9. The van der Waals surface area contributed by atoms with E-state index >= 15 is 0 Å². The molecule has 1 atom stereocenters. The summed E-state index contributed by atoms with van der Waals surface area (Å²) >= 11 is 0. The number of carboxylic acid groups (broad SMARTS) is 2. The van der Waals surface area contributed by atoms with Crippen molar-refractivity contribution in [3.8, 4) is 0 Å². The smallest absolute Gasteiger partial charge is 0.339 e. The molecule has 2 heterocycles. The van der Waals surface area contributed by atoms with Crippen molar-refractivity contribution < 1.29 is 24.6 Å². The van der Waals surface area contributed by atoms with Crippen LogP contribution in [0.2, 0.25) is 0 Å². The summed E-state index contributed by atoms with van der Waals surface area (Å²) in [6.07, 6.45) is 2.91. The van der Waals surface area contributed by atoms with Crippen LogP contribution in [-0.2, 0) is 11.8 Å². The molecule has 2 N–H and O–H groups in total. The number of carbonyl (C=O) groups excluding carboxylic acids is 1. The Balaban J connectivity index is 2.37. The maximum absolute atomic E-state index is 12.5. The zero-order chi connectivity index (χ0) is 14.9. The van der Waals surface area contributed by atoms with Crippen LogP contribution in [0, 0.1) is 0 Å². The molecule has 1 aromatic rings. The first-order chi connectivity index (χ1) is 9.43. The fourth-order valence-electron chi connectivity index (χ4n) is 2.42. The van der Waals surface area contributed by atoms with Crippen molar-refractivity contribution in [2.75, 3.05) is 6.54 Å². The van der Waals surface area contributed by atoms with Crippen molar-refractivity contribution in [3.05, 3.63) is 17.5 Å². The van der Waals surface area contributed by atoms with Crippen molar-refractivity contribution in [1.29, 1.82) is 0 Å². The van der Waals surface area contributed by atoms with Gasteiger partial charge in [0.25, 0.3) is 5.91 Å². The Morgan fingerprint density at radius 2 is 2.00 bits per heavy atom. The fourth-order valence-corrected chi connectivity index (χ4v) is 2.42. The standard InChI is InChI=1S/C12H15N3O5/c1-14-9(7(6-13-14)11(17)18)10(16)15-5-3-2-4-8(15)12(19)20/h6,8H,2-5H2,1H3,(H,17,18)(H,19,20)/t8-/m0/s1. The first-order valence-electron chi connectivity index (χ1n) is 6.22. The van der Waals surface area contributed by atoms with Gasteiger partial charge in [0.2, 0.25) is 0 Å². The summed E-state index contributed by atoms with van der Waals surface area (Å²) in [6, 6.07) is -0.909. The van der Waals surface area contributed by atoms with E-state index in [1.54, 1.807) is 0 Å². The van der Waals surface area contributed by atoms with Crippen molar-refractivity contribution in [1.82, 2.24) is 14.7 Å². The van der Waals surface area contributed by atoms with Crippen LogP contribution in [0.15, 0.2) is 6.20 Å². The normalized spacial score (nSPS) is 18.9. The van der Waals surface area contributed by atoms with Crippen molar-refractivity contribution in [2.24, 2.45) is 7.05 Å². The molecule has 0 aromatic carbocycles. The zero-order valence-corrected chi connectivity index (χ0v) is 10.9. The first kappa shape index (κ1) is 14.0. The molecule has 0 saturated carbocycles. The second kappa shape index (κ2) is 5.32. The molecule has 1 aliphatic heterocycles. The Morgan fingerprint density at radius 1 is 1.30 bits per heavy atom. The van der Waals surface area contributed by atoms with Crippen LogP contribution in [0.1, 0.15) is 40.1 Å². The summed E-state index contributed by atoms with van der Waals surface area (Å²) in [7, 11) is 1.46. The highest BCUT2D eigenvalue weighted by Crippen LogP contribution is 2.21. The minimum absolute atomic E-state index is 0.0920. The number of likely N-dealkylation sites (tertiary alicyclic amines) is 1. The Labute approximate surface area is 114 Å². The molecule has 0 spiro atoms. The van der Waals surface area contributed by atoms with Gasteiger partial charge in [-0.1, -0.05) is 0 Å². The van der Waals surface area contributed by atoms with Crippen LogP contribution in [0.5, 0.6) is 0 Å². The quantitative estimate of drug-likeness (QED) is 0.818. The number of carboxylic acids is 2. The molecule has 8 nitrogen and oxygen atoms in total. The van der Waals surface area contributed by atoms with Gasteiger partial charge in [0.15, 0.2) is 0 Å². The molecule has 20 heavy (non-hydrogen) atoms. The lowest BCUT2D eigenvalue weighted by molar-refractivity contribution is -0.143. The SMILES string of the molecule is Cn1ncc(C(=O)O)c1C(=O)N1CCCC[C@H]1C(=O)O. The minimum atomic E-state index is -1.26. The number of nitrogens with zero attached hydrogens (tertiary/aromatic N) is 3. The van der Waals surface area contributed by atoms with Gasteiger partial charge in [-0.05, 0) is 19.3 Å². The number of rotatable bonds is 3. The van der Waals surface area contributed by atoms with Crippen molar-refractivity contribution in [3.63, 3.8) is 0 Å². The molecule has 8 heteroatoms. The monoisotopic (exact) mass is 281 g/mol. The highest BCUT2D eigenvalue weighted by Gasteiger charge is 2.35. The van der Waals surface area contributed by atoms with Crippen LogP contribution in [0.4, 0.5) is 0 Å². The number of aliphatic carboxylic acids is 1. The van der Waals surface area contributed by atoms with Gasteiger partial charge >= 0.3 is 11.9 Å². The average molecular weight is 281 g/mol. The van der Waals surface area contributed by atoms with Crippen molar-refractivity contribution >= 4 is 17.8 Å². The van der Waals surface area contributed by atoms with E-state index in [4.69, 9.17) is 5.11 Å². The second-order valence-corrected chi connectivity index (χ2v) is 4.68. The molecule has 108 valence electrons. The number of hydrogen-bond donors (Lipinski definition) is 2. The van der Waals surface area contributed by atoms with Gasteiger partial charge in [-0.3, -0.25) is 9.48 Å². The summed E-state index contributed by atoms with van der Waals surface area (Å²) in [4.78, 5) is 36.0. The largest absolute Gasteiger partial charge is 0.480 e. The number of piperidine rings is 1. The molecule has 0 unspecified atom stereocenters. The molecule has 2 rings (SSSR count). The molecule has 0 radical (unpaired) electrons. The highest BCUT2D eigenvalue weighted by molar-refractivity contribution is 6.04. The molecule has 1 aliphatic rings. The molecular weight excluding hydrogens is 266 g/mol. The van der Waals surface area contributed by atoms with E-state index < -0.39 is 23.9 Å². The molecule has 1 aromatic heterocycles. The van der Waals surface area contributed by atoms with E-state index in [9.17, 15) is 19.5 Å². The van der Waals surface area contributed by atoms with E-state index in [0.29, 0.717) is 19.4 Å². The fraction of sp³-hybridized carbons (Fsp3) is 0.500. The van der Waals surface area contributed by atoms with Crippen molar-refractivity contribution in [2.45, 2.75) is 25.3 Å². The number of carbonyl (C=O) groups is 3. The molecule has 1 fully saturated rings. The summed E-state index contributed by atoms with van der Waals surface area (Å²) in [5.41, 5.74) is -0.308. The summed E-state index contributed by atoms with van der Waals surface area (Å²) in [6.45, 7) is 0.306. The van der Waals surface area contributed by atoms with Gasteiger partial charge < -0.3 is 15.1 Å². The lowest BCUT2D eigenvalue weighted by Crippen LogP contribution is -2.48. The van der Waals surface area contributed by atoms with E-state index in [1.165, 1.54) is 16.6 Å². The first-order valence-corrected chi connectivity index (χ1v) is 6.22. The lowest BCUT2D eigenvalue weighted by atomic mass is 10.0. The summed E-state index contributed by atoms with van der Waals surface area (Å²) < 4.78 is 1.17. The third kappa shape index (κ3) is 2.36. The minimum Gasteiger partial charge on any atom is -0.480 e. The second-order valence-electron chi connectivity index (χ2n) is 4.68.